The normalized spacial score (nSPS) is 17.4. The maximum Gasteiger partial charge on any atom is 0.266 e. The smallest absolute Gasteiger partial charge is 0.266 e. The zero-order valence-electron chi connectivity index (χ0n) is 16.5. The maximum absolute atomic E-state index is 13.5. The molecule has 1 amide bonds. The van der Waals surface area contributed by atoms with Gasteiger partial charge in [-0.05, 0) is 25.7 Å². The number of thiazole rings is 1. The second-order valence-corrected chi connectivity index (χ2v) is 8.44. The fraction of sp³-hybridized carbons (Fsp3) is 0.304. The van der Waals surface area contributed by atoms with Gasteiger partial charge in [0.1, 0.15) is 9.88 Å². The highest BCUT2D eigenvalue weighted by molar-refractivity contribution is 7.17. The second-order valence-electron chi connectivity index (χ2n) is 7.44. The monoisotopic (exact) mass is 427 g/mol. The molecule has 6 heteroatoms. The number of rotatable bonds is 4. The van der Waals surface area contributed by atoms with Crippen molar-refractivity contribution in [2.75, 3.05) is 13.1 Å². The molecular weight excluding hydrogens is 402 g/mol. The van der Waals surface area contributed by atoms with Crippen LogP contribution in [0.1, 0.15) is 29.4 Å². The molecule has 0 aliphatic carbocycles. The number of piperidine rings is 1. The van der Waals surface area contributed by atoms with E-state index in [0.29, 0.717) is 5.92 Å². The fourth-order valence-electron chi connectivity index (χ4n) is 3.73. The van der Waals surface area contributed by atoms with Gasteiger partial charge in [0.05, 0.1) is 5.69 Å². The van der Waals surface area contributed by atoms with Crippen LogP contribution in [0.15, 0.2) is 60.7 Å². The van der Waals surface area contributed by atoms with E-state index >= 15 is 0 Å². The van der Waals surface area contributed by atoms with Crippen LogP contribution >= 0.6 is 23.7 Å². The van der Waals surface area contributed by atoms with E-state index in [2.05, 4.69) is 0 Å². The number of benzene rings is 2. The number of nitrogens with two attached hydrogens (primary N) is 1. The molecule has 1 aliphatic rings. The number of carbonyl (C=O) groups is 1. The third-order valence-corrected chi connectivity index (χ3v) is 6.47. The van der Waals surface area contributed by atoms with Gasteiger partial charge in [0.2, 0.25) is 0 Å². The van der Waals surface area contributed by atoms with Crippen molar-refractivity contribution < 1.29 is 4.79 Å². The summed E-state index contributed by atoms with van der Waals surface area (Å²) in [5.74, 6) is 0.434. The summed E-state index contributed by atoms with van der Waals surface area (Å²) in [4.78, 5) is 21.0. The van der Waals surface area contributed by atoms with Crippen LogP contribution < -0.4 is 5.73 Å². The summed E-state index contributed by atoms with van der Waals surface area (Å²) in [7, 11) is 0. The van der Waals surface area contributed by atoms with Crippen molar-refractivity contribution in [1.29, 1.82) is 0 Å². The Bertz CT molecular complexity index is 943. The lowest BCUT2D eigenvalue weighted by Gasteiger charge is -2.34. The molecule has 29 heavy (non-hydrogen) atoms. The Balaban J connectivity index is 0.00000240. The molecule has 2 unspecified atom stereocenters. The largest absolute Gasteiger partial charge is 0.338 e. The van der Waals surface area contributed by atoms with Crippen LogP contribution in [-0.4, -0.2) is 34.9 Å². The molecule has 1 fully saturated rings. The summed E-state index contributed by atoms with van der Waals surface area (Å²) in [5, 5.41) is 0.878. The molecule has 1 aromatic heterocycles. The standard InChI is InChI=1S/C23H25N3OS.ClH/c1-16(24)19-13-8-14-26(15-19)23(27)21-20(17-9-4-2-5-10-17)25-22(28-21)18-11-6-3-7-12-18;/h2-7,9-12,16,19H,8,13-15,24H2,1H3;1H. The van der Waals surface area contributed by atoms with Crippen molar-refractivity contribution in [2.24, 2.45) is 11.7 Å². The van der Waals surface area contributed by atoms with Crippen LogP contribution in [-0.2, 0) is 0 Å². The van der Waals surface area contributed by atoms with E-state index in [0.717, 1.165) is 52.6 Å². The lowest BCUT2D eigenvalue weighted by atomic mass is 9.92. The van der Waals surface area contributed by atoms with E-state index in [1.54, 1.807) is 0 Å². The Morgan fingerprint density at radius 1 is 1.10 bits per heavy atom. The summed E-state index contributed by atoms with van der Waals surface area (Å²) in [5.41, 5.74) is 8.91. The van der Waals surface area contributed by atoms with Crippen molar-refractivity contribution >= 4 is 29.7 Å². The lowest BCUT2D eigenvalue weighted by molar-refractivity contribution is 0.0666. The van der Waals surface area contributed by atoms with E-state index in [9.17, 15) is 4.79 Å². The van der Waals surface area contributed by atoms with Crippen molar-refractivity contribution in [3.8, 4) is 21.8 Å². The third-order valence-electron chi connectivity index (χ3n) is 5.38. The first-order valence-electron chi connectivity index (χ1n) is 9.80. The quantitative estimate of drug-likeness (QED) is 0.630. The summed E-state index contributed by atoms with van der Waals surface area (Å²) < 4.78 is 0. The van der Waals surface area contributed by atoms with Crippen molar-refractivity contribution in [2.45, 2.75) is 25.8 Å². The molecule has 0 radical (unpaired) electrons. The zero-order valence-corrected chi connectivity index (χ0v) is 18.1. The number of nitrogens with zero attached hydrogens (tertiary/aromatic N) is 2. The summed E-state index contributed by atoms with van der Waals surface area (Å²) >= 11 is 1.49. The number of carbonyl (C=O) groups excluding carboxylic acids is 1. The van der Waals surface area contributed by atoms with Gasteiger partial charge in [0, 0.05) is 30.3 Å². The van der Waals surface area contributed by atoms with Crippen LogP contribution in [0.25, 0.3) is 21.8 Å². The highest BCUT2D eigenvalue weighted by atomic mass is 35.5. The maximum atomic E-state index is 13.5. The Morgan fingerprint density at radius 2 is 1.72 bits per heavy atom. The van der Waals surface area contributed by atoms with Gasteiger partial charge < -0.3 is 10.6 Å². The molecule has 0 bridgehead atoms. The SMILES string of the molecule is CC(N)C1CCCN(C(=O)c2sc(-c3ccccc3)nc2-c2ccccc2)C1.Cl. The predicted molar refractivity (Wildman–Crippen MR) is 123 cm³/mol. The van der Waals surface area contributed by atoms with Gasteiger partial charge in [-0.3, -0.25) is 4.79 Å². The third kappa shape index (κ3) is 4.69. The van der Waals surface area contributed by atoms with Gasteiger partial charge in [0.25, 0.3) is 5.91 Å². The van der Waals surface area contributed by atoms with Gasteiger partial charge in [0.15, 0.2) is 0 Å². The first-order chi connectivity index (χ1) is 13.6. The van der Waals surface area contributed by atoms with Crippen molar-refractivity contribution in [1.82, 2.24) is 9.88 Å². The van der Waals surface area contributed by atoms with Gasteiger partial charge >= 0.3 is 0 Å². The van der Waals surface area contributed by atoms with Gasteiger partial charge in [-0.2, -0.15) is 0 Å². The second kappa shape index (κ2) is 9.53. The molecule has 0 saturated carbocycles. The molecular formula is C23H26ClN3OS. The first-order valence-corrected chi connectivity index (χ1v) is 10.6. The number of hydrogen-bond acceptors (Lipinski definition) is 4. The molecule has 3 aromatic rings. The van der Waals surface area contributed by atoms with Crippen LogP contribution in [0.3, 0.4) is 0 Å². The predicted octanol–water partition coefficient (Wildman–Crippen LogP) is 5.10. The molecule has 2 aromatic carbocycles. The Kier molecular flexibility index (Phi) is 7.06. The molecule has 2 heterocycles. The van der Waals surface area contributed by atoms with E-state index in [-0.39, 0.29) is 24.4 Å². The van der Waals surface area contributed by atoms with Crippen LogP contribution in [0.2, 0.25) is 0 Å². The van der Waals surface area contributed by atoms with Gasteiger partial charge in [-0.15, -0.1) is 23.7 Å². The van der Waals surface area contributed by atoms with E-state index in [1.165, 1.54) is 11.3 Å². The minimum Gasteiger partial charge on any atom is -0.338 e. The highest BCUT2D eigenvalue weighted by Gasteiger charge is 2.30. The van der Waals surface area contributed by atoms with E-state index < -0.39 is 0 Å². The van der Waals surface area contributed by atoms with Gasteiger partial charge in [-0.25, -0.2) is 4.98 Å². The Morgan fingerprint density at radius 3 is 2.34 bits per heavy atom. The molecule has 4 rings (SSSR count). The van der Waals surface area contributed by atoms with Gasteiger partial charge in [-0.1, -0.05) is 60.7 Å². The van der Waals surface area contributed by atoms with E-state index in [4.69, 9.17) is 10.7 Å². The number of hydrogen-bond donors (Lipinski definition) is 1. The summed E-state index contributed by atoms with van der Waals surface area (Å²) in [6.45, 7) is 3.55. The molecule has 0 spiro atoms. The number of halogens is 1. The highest BCUT2D eigenvalue weighted by Crippen LogP contribution is 2.35. The number of aromatic nitrogens is 1. The fourth-order valence-corrected chi connectivity index (χ4v) is 4.79. The summed E-state index contributed by atoms with van der Waals surface area (Å²) in [6, 6.07) is 20.1. The minimum atomic E-state index is 0. The molecule has 152 valence electrons. The van der Waals surface area contributed by atoms with Crippen LogP contribution in [0.4, 0.5) is 0 Å². The van der Waals surface area contributed by atoms with Crippen LogP contribution in [0, 0.1) is 5.92 Å². The topological polar surface area (TPSA) is 59.2 Å². The summed E-state index contributed by atoms with van der Waals surface area (Å²) in [6.07, 6.45) is 2.09. The average molecular weight is 428 g/mol. The molecule has 1 aliphatic heterocycles. The number of amides is 1. The van der Waals surface area contributed by atoms with E-state index in [1.807, 2.05) is 72.5 Å². The molecule has 1 saturated heterocycles. The Hall–Kier alpha value is -2.21. The van der Waals surface area contributed by atoms with Crippen LogP contribution in [0.5, 0.6) is 0 Å². The zero-order chi connectivity index (χ0) is 19.5. The average Bonchev–Trinajstić information content (AvgIpc) is 3.20. The molecule has 2 N–H and O–H groups in total. The molecule has 2 atom stereocenters. The molecule has 4 nitrogen and oxygen atoms in total. The van der Waals surface area contributed by atoms with Crippen molar-refractivity contribution in [3.63, 3.8) is 0 Å². The van der Waals surface area contributed by atoms with Crippen molar-refractivity contribution in [3.05, 3.63) is 65.5 Å². The number of likely N-dealkylation sites (tertiary alicyclic amines) is 1. The Labute approximate surface area is 182 Å². The first kappa shape index (κ1) is 21.5. The minimum absolute atomic E-state index is 0. The lowest BCUT2D eigenvalue weighted by Crippen LogP contribution is -2.45.